The summed E-state index contributed by atoms with van der Waals surface area (Å²) in [4.78, 5) is 9.61. The summed E-state index contributed by atoms with van der Waals surface area (Å²) in [5.41, 5.74) is 8.52. The Kier molecular flexibility index (Phi) is 2.29. The van der Waals surface area contributed by atoms with Gasteiger partial charge in [-0.25, -0.2) is 15.8 Å². The highest BCUT2D eigenvalue weighted by Crippen LogP contribution is 2.22. The third kappa shape index (κ3) is 1.37. The zero-order valence-corrected chi connectivity index (χ0v) is 7.07. The number of hydrogen-bond donors (Lipinski definition) is 3. The molecular formula is C6H12N6. The quantitative estimate of drug-likeness (QED) is 0.404. The monoisotopic (exact) mass is 168 g/mol. The first-order chi connectivity index (χ1) is 5.66. The number of hydrogen-bond acceptors (Lipinski definition) is 6. The van der Waals surface area contributed by atoms with Gasteiger partial charge in [0, 0.05) is 14.1 Å². The second-order valence-corrected chi connectivity index (χ2v) is 2.50. The molecule has 1 heterocycles. The van der Waals surface area contributed by atoms with E-state index < -0.39 is 0 Å². The van der Waals surface area contributed by atoms with Crippen molar-refractivity contribution in [3.05, 3.63) is 6.33 Å². The number of nitrogen functional groups attached to an aromatic ring is 2. The van der Waals surface area contributed by atoms with E-state index in [9.17, 15) is 0 Å². The molecule has 5 N–H and O–H groups in total. The van der Waals surface area contributed by atoms with Crippen molar-refractivity contribution in [3.63, 3.8) is 0 Å². The van der Waals surface area contributed by atoms with Gasteiger partial charge in [0.05, 0.1) is 0 Å². The first-order valence-electron chi connectivity index (χ1n) is 3.41. The van der Waals surface area contributed by atoms with Gasteiger partial charge >= 0.3 is 0 Å². The van der Waals surface area contributed by atoms with E-state index in [2.05, 4.69) is 15.4 Å². The zero-order valence-electron chi connectivity index (χ0n) is 7.07. The molecule has 0 radical (unpaired) electrons. The molecule has 0 aromatic carbocycles. The molecule has 1 aromatic heterocycles. The number of rotatable bonds is 2. The van der Waals surface area contributed by atoms with Crippen LogP contribution in [0.3, 0.4) is 0 Å². The van der Waals surface area contributed by atoms with Crippen LogP contribution in [0, 0.1) is 0 Å². The van der Waals surface area contributed by atoms with Crippen LogP contribution in [0.2, 0.25) is 0 Å². The van der Waals surface area contributed by atoms with Gasteiger partial charge in [-0.15, -0.1) is 0 Å². The predicted molar refractivity (Wildman–Crippen MR) is 48.6 cm³/mol. The highest BCUT2D eigenvalue weighted by atomic mass is 15.3. The molecule has 0 aliphatic heterocycles. The average molecular weight is 168 g/mol. The van der Waals surface area contributed by atoms with Crippen molar-refractivity contribution in [2.45, 2.75) is 0 Å². The summed E-state index contributed by atoms with van der Waals surface area (Å²) in [6, 6.07) is 0. The highest BCUT2D eigenvalue weighted by Gasteiger charge is 2.07. The maximum atomic E-state index is 5.69. The molecule has 0 saturated carbocycles. The second kappa shape index (κ2) is 3.22. The van der Waals surface area contributed by atoms with Crippen LogP contribution >= 0.6 is 0 Å². The van der Waals surface area contributed by atoms with Gasteiger partial charge in [0.1, 0.15) is 12.0 Å². The summed E-state index contributed by atoms with van der Waals surface area (Å²) in [6.45, 7) is 0. The number of anilines is 3. The summed E-state index contributed by atoms with van der Waals surface area (Å²) in [5, 5.41) is 0. The molecule has 0 aliphatic rings. The van der Waals surface area contributed by atoms with E-state index in [4.69, 9.17) is 11.6 Å². The first kappa shape index (κ1) is 8.54. The fourth-order valence-corrected chi connectivity index (χ4v) is 0.858. The maximum Gasteiger partial charge on any atom is 0.168 e. The number of nitrogens with one attached hydrogen (secondary N) is 1. The van der Waals surface area contributed by atoms with Crippen molar-refractivity contribution in [1.29, 1.82) is 0 Å². The molecule has 0 fully saturated rings. The molecular weight excluding hydrogens is 156 g/mol. The third-order valence-electron chi connectivity index (χ3n) is 1.42. The van der Waals surface area contributed by atoms with E-state index in [0.717, 1.165) is 0 Å². The molecule has 0 spiro atoms. The van der Waals surface area contributed by atoms with Gasteiger partial charge in [-0.1, -0.05) is 0 Å². The summed E-state index contributed by atoms with van der Waals surface area (Å²) in [5.74, 6) is 6.27. The number of hydrazine groups is 1. The largest absolute Gasteiger partial charge is 0.393 e. The van der Waals surface area contributed by atoms with Crippen LogP contribution in [-0.2, 0) is 0 Å². The van der Waals surface area contributed by atoms with Crippen LogP contribution < -0.4 is 21.9 Å². The summed E-state index contributed by atoms with van der Waals surface area (Å²) >= 11 is 0. The van der Waals surface area contributed by atoms with Gasteiger partial charge in [0.25, 0.3) is 0 Å². The molecule has 6 heteroatoms. The second-order valence-electron chi connectivity index (χ2n) is 2.50. The van der Waals surface area contributed by atoms with Crippen LogP contribution in [0.25, 0.3) is 0 Å². The Labute approximate surface area is 70.6 Å². The van der Waals surface area contributed by atoms with E-state index >= 15 is 0 Å². The topological polar surface area (TPSA) is 93.1 Å². The minimum atomic E-state index is 0.439. The van der Waals surface area contributed by atoms with Crippen LogP contribution in [0.15, 0.2) is 6.33 Å². The van der Waals surface area contributed by atoms with Gasteiger partial charge in [-0.2, -0.15) is 0 Å². The normalized spacial score (nSPS) is 9.58. The van der Waals surface area contributed by atoms with E-state index in [0.29, 0.717) is 17.3 Å². The van der Waals surface area contributed by atoms with Crippen molar-refractivity contribution >= 4 is 17.3 Å². The van der Waals surface area contributed by atoms with E-state index in [-0.39, 0.29) is 0 Å². The molecule has 1 aromatic rings. The summed E-state index contributed by atoms with van der Waals surface area (Å²) in [7, 11) is 3.69. The van der Waals surface area contributed by atoms with E-state index in [1.54, 1.807) is 4.90 Å². The van der Waals surface area contributed by atoms with Crippen LogP contribution in [0.5, 0.6) is 0 Å². The van der Waals surface area contributed by atoms with Gasteiger partial charge in [0.2, 0.25) is 0 Å². The minimum absolute atomic E-state index is 0.439. The Morgan fingerprint density at radius 1 is 1.42 bits per heavy atom. The molecule has 0 bridgehead atoms. The van der Waals surface area contributed by atoms with Gasteiger partial charge in [-0.05, 0) is 0 Å². The fourth-order valence-electron chi connectivity index (χ4n) is 0.858. The SMILES string of the molecule is CN(C)c1ncnc(NN)c1N. The Morgan fingerprint density at radius 2 is 2.08 bits per heavy atom. The molecule has 1 rings (SSSR count). The Balaban J connectivity index is 3.14. The molecule has 0 aliphatic carbocycles. The highest BCUT2D eigenvalue weighted by molar-refractivity contribution is 5.73. The molecule has 0 amide bonds. The third-order valence-corrected chi connectivity index (χ3v) is 1.42. The lowest BCUT2D eigenvalue weighted by Gasteiger charge is -2.14. The van der Waals surface area contributed by atoms with Crippen LogP contribution in [0.4, 0.5) is 17.3 Å². The number of nitrogens with two attached hydrogens (primary N) is 2. The standard InChI is InChI=1S/C6H12N6/c1-12(2)6-4(7)5(11-8)9-3-10-6/h3H,7-8H2,1-2H3,(H,9,10,11). The fraction of sp³-hybridized carbons (Fsp3) is 0.333. The van der Waals surface area contributed by atoms with Gasteiger partial charge in [-0.3, -0.25) is 0 Å². The van der Waals surface area contributed by atoms with Crippen molar-refractivity contribution < 1.29 is 0 Å². The molecule has 12 heavy (non-hydrogen) atoms. The zero-order chi connectivity index (χ0) is 9.14. The molecule has 0 saturated heterocycles. The number of aromatic nitrogens is 2. The van der Waals surface area contributed by atoms with Gasteiger partial charge < -0.3 is 16.1 Å². The number of nitrogens with zero attached hydrogens (tertiary/aromatic N) is 3. The van der Waals surface area contributed by atoms with E-state index in [1.165, 1.54) is 6.33 Å². The van der Waals surface area contributed by atoms with Crippen molar-refractivity contribution in [2.24, 2.45) is 5.84 Å². The molecule has 6 nitrogen and oxygen atoms in total. The lowest BCUT2D eigenvalue weighted by Crippen LogP contribution is -2.17. The molecule has 0 unspecified atom stereocenters. The maximum absolute atomic E-state index is 5.69. The predicted octanol–water partition coefficient (Wildman–Crippen LogP) is -0.590. The minimum Gasteiger partial charge on any atom is -0.393 e. The van der Waals surface area contributed by atoms with Crippen molar-refractivity contribution in [1.82, 2.24) is 9.97 Å². The Bertz CT molecular complexity index is 271. The smallest absolute Gasteiger partial charge is 0.168 e. The van der Waals surface area contributed by atoms with Crippen LogP contribution in [0.1, 0.15) is 0 Å². The Hall–Kier alpha value is -1.56. The Morgan fingerprint density at radius 3 is 2.58 bits per heavy atom. The average Bonchev–Trinajstić information content (AvgIpc) is 2.04. The summed E-state index contributed by atoms with van der Waals surface area (Å²) < 4.78 is 0. The molecule has 0 atom stereocenters. The van der Waals surface area contributed by atoms with Crippen molar-refractivity contribution in [2.75, 3.05) is 30.2 Å². The lowest BCUT2D eigenvalue weighted by atomic mass is 10.4. The summed E-state index contributed by atoms with van der Waals surface area (Å²) in [6.07, 6.45) is 1.40. The van der Waals surface area contributed by atoms with Gasteiger partial charge in [0.15, 0.2) is 11.6 Å². The van der Waals surface area contributed by atoms with Crippen LogP contribution in [-0.4, -0.2) is 24.1 Å². The lowest BCUT2D eigenvalue weighted by molar-refractivity contribution is 1.04. The first-order valence-corrected chi connectivity index (χ1v) is 3.41. The van der Waals surface area contributed by atoms with E-state index in [1.807, 2.05) is 14.1 Å². The van der Waals surface area contributed by atoms with Crippen molar-refractivity contribution in [3.8, 4) is 0 Å². The molecule has 66 valence electrons.